The van der Waals surface area contributed by atoms with Gasteiger partial charge in [0.25, 0.3) is 0 Å². The summed E-state index contributed by atoms with van der Waals surface area (Å²) in [5, 5.41) is 0. The molecular formula is C22H23FN2O4S2. The fourth-order valence-corrected chi connectivity index (χ4v) is 4.79. The number of carbonyl (C=O) groups is 2. The van der Waals surface area contributed by atoms with Crippen molar-refractivity contribution in [3.8, 4) is 5.75 Å². The highest BCUT2D eigenvalue weighted by atomic mass is 32.2. The lowest BCUT2D eigenvalue weighted by molar-refractivity contribution is -0.143. The number of rotatable bonds is 9. The molecule has 0 radical (unpaired) electrons. The molecule has 0 saturated heterocycles. The molecule has 1 heterocycles. The van der Waals surface area contributed by atoms with Gasteiger partial charge in [-0.1, -0.05) is 11.3 Å². The number of amides is 1. The van der Waals surface area contributed by atoms with Crippen LogP contribution in [0.2, 0.25) is 0 Å². The highest BCUT2D eigenvalue weighted by Crippen LogP contribution is 2.23. The second-order valence-corrected chi connectivity index (χ2v) is 8.70. The van der Waals surface area contributed by atoms with Gasteiger partial charge in [0.2, 0.25) is 5.91 Å². The van der Waals surface area contributed by atoms with Crippen molar-refractivity contribution in [2.45, 2.75) is 31.2 Å². The van der Waals surface area contributed by atoms with E-state index in [9.17, 15) is 14.0 Å². The standard InChI is InChI=1S/C22H23FN2O4S2/c1-3-29-21(27)14-25-18-11-8-16(28-2)13-19(18)31-22(25)24-20(26)5-4-12-30-17-9-6-15(23)7-10-17/h6-11,13H,3-5,12,14H2,1-2H3. The van der Waals surface area contributed by atoms with Gasteiger partial charge in [0.15, 0.2) is 4.80 Å². The second-order valence-electron chi connectivity index (χ2n) is 6.52. The van der Waals surface area contributed by atoms with Gasteiger partial charge >= 0.3 is 5.97 Å². The number of hydrogen-bond donors (Lipinski definition) is 0. The van der Waals surface area contributed by atoms with E-state index in [2.05, 4.69) is 4.99 Å². The van der Waals surface area contributed by atoms with Gasteiger partial charge in [-0.3, -0.25) is 9.59 Å². The largest absolute Gasteiger partial charge is 0.497 e. The van der Waals surface area contributed by atoms with Crippen molar-refractivity contribution in [1.29, 1.82) is 0 Å². The number of halogens is 1. The number of esters is 1. The zero-order chi connectivity index (χ0) is 22.2. The molecule has 0 atom stereocenters. The Labute approximate surface area is 187 Å². The Bertz CT molecular complexity index is 1120. The maximum absolute atomic E-state index is 13.0. The lowest BCUT2D eigenvalue weighted by Gasteiger charge is -2.05. The zero-order valence-electron chi connectivity index (χ0n) is 17.3. The lowest BCUT2D eigenvalue weighted by atomic mass is 10.3. The van der Waals surface area contributed by atoms with Crippen LogP contribution in [0.15, 0.2) is 52.4 Å². The quantitative estimate of drug-likeness (QED) is 0.268. The predicted molar refractivity (Wildman–Crippen MR) is 120 cm³/mol. The van der Waals surface area contributed by atoms with E-state index in [1.54, 1.807) is 48.6 Å². The number of fused-ring (bicyclic) bond motifs is 1. The van der Waals surface area contributed by atoms with Gasteiger partial charge in [0.1, 0.15) is 18.1 Å². The van der Waals surface area contributed by atoms with Crippen molar-refractivity contribution in [3.63, 3.8) is 0 Å². The minimum atomic E-state index is -0.386. The third kappa shape index (κ3) is 6.41. The molecular weight excluding hydrogens is 439 g/mol. The topological polar surface area (TPSA) is 69.9 Å². The molecule has 3 rings (SSSR count). The first-order valence-corrected chi connectivity index (χ1v) is 11.6. The fourth-order valence-electron chi connectivity index (χ4n) is 2.86. The van der Waals surface area contributed by atoms with Crippen LogP contribution >= 0.6 is 23.1 Å². The van der Waals surface area contributed by atoms with Gasteiger partial charge in [-0.25, -0.2) is 4.39 Å². The predicted octanol–water partition coefficient (Wildman–Crippen LogP) is 4.41. The monoisotopic (exact) mass is 462 g/mol. The van der Waals surface area contributed by atoms with E-state index in [1.807, 2.05) is 12.1 Å². The van der Waals surface area contributed by atoms with Crippen molar-refractivity contribution >= 4 is 45.2 Å². The smallest absolute Gasteiger partial charge is 0.326 e. The summed E-state index contributed by atoms with van der Waals surface area (Å²) in [6.45, 7) is 2.01. The van der Waals surface area contributed by atoms with Crippen molar-refractivity contribution < 1.29 is 23.5 Å². The molecule has 0 bridgehead atoms. The third-order valence-electron chi connectivity index (χ3n) is 4.32. The third-order valence-corrected chi connectivity index (χ3v) is 6.46. The van der Waals surface area contributed by atoms with Crippen molar-refractivity contribution in [2.24, 2.45) is 4.99 Å². The number of nitrogens with zero attached hydrogens (tertiary/aromatic N) is 2. The molecule has 0 aliphatic carbocycles. The molecule has 31 heavy (non-hydrogen) atoms. The van der Waals surface area contributed by atoms with Crippen LogP contribution in [0.5, 0.6) is 5.75 Å². The summed E-state index contributed by atoms with van der Waals surface area (Å²) < 4.78 is 25.8. The number of carbonyl (C=O) groups excluding carboxylic acids is 2. The average molecular weight is 463 g/mol. The van der Waals surface area contributed by atoms with E-state index in [4.69, 9.17) is 9.47 Å². The lowest BCUT2D eigenvalue weighted by Crippen LogP contribution is -2.23. The van der Waals surface area contributed by atoms with Crippen LogP contribution in [0.25, 0.3) is 10.2 Å². The van der Waals surface area contributed by atoms with E-state index < -0.39 is 0 Å². The highest BCUT2D eigenvalue weighted by molar-refractivity contribution is 7.99. The molecule has 0 fully saturated rings. The van der Waals surface area contributed by atoms with E-state index in [0.717, 1.165) is 20.9 Å². The Morgan fingerprint density at radius 3 is 2.68 bits per heavy atom. The fraction of sp³-hybridized carbons (Fsp3) is 0.318. The number of aromatic nitrogens is 1. The molecule has 0 spiro atoms. The summed E-state index contributed by atoms with van der Waals surface area (Å²) >= 11 is 2.89. The van der Waals surface area contributed by atoms with Gasteiger partial charge in [-0.15, -0.1) is 11.8 Å². The van der Waals surface area contributed by atoms with Crippen LogP contribution in [0.4, 0.5) is 4.39 Å². The second kappa shape index (κ2) is 11.1. The zero-order valence-corrected chi connectivity index (χ0v) is 18.9. The molecule has 9 heteroatoms. The Kier molecular flexibility index (Phi) is 8.25. The van der Waals surface area contributed by atoms with Crippen LogP contribution in [0, 0.1) is 5.82 Å². The summed E-state index contributed by atoms with van der Waals surface area (Å²) in [7, 11) is 1.58. The normalized spacial score (nSPS) is 11.6. The molecule has 1 aromatic heterocycles. The van der Waals surface area contributed by atoms with E-state index >= 15 is 0 Å². The molecule has 2 aromatic carbocycles. The van der Waals surface area contributed by atoms with Crippen LogP contribution in [-0.4, -0.2) is 35.9 Å². The van der Waals surface area contributed by atoms with Crippen LogP contribution in [-0.2, 0) is 20.9 Å². The van der Waals surface area contributed by atoms with Crippen molar-refractivity contribution in [1.82, 2.24) is 4.57 Å². The first-order valence-electron chi connectivity index (χ1n) is 9.79. The maximum Gasteiger partial charge on any atom is 0.326 e. The van der Waals surface area contributed by atoms with Gasteiger partial charge in [0.05, 0.1) is 23.9 Å². The summed E-state index contributed by atoms with van der Waals surface area (Å²) in [4.78, 5) is 30.2. The molecule has 0 unspecified atom stereocenters. The maximum atomic E-state index is 13.0. The Balaban J connectivity index is 1.73. The van der Waals surface area contributed by atoms with Gasteiger partial charge in [0, 0.05) is 11.3 Å². The summed E-state index contributed by atoms with van der Waals surface area (Å²) in [6.07, 6.45) is 0.923. The molecule has 0 saturated carbocycles. The van der Waals surface area contributed by atoms with Gasteiger partial charge < -0.3 is 14.0 Å². The molecule has 3 aromatic rings. The van der Waals surface area contributed by atoms with Crippen LogP contribution < -0.4 is 9.54 Å². The molecule has 0 aliphatic rings. The minimum Gasteiger partial charge on any atom is -0.497 e. The number of hydrogen-bond acceptors (Lipinski definition) is 6. The Hall–Kier alpha value is -2.65. The summed E-state index contributed by atoms with van der Waals surface area (Å²) in [6, 6.07) is 11.8. The minimum absolute atomic E-state index is 0.0211. The number of methoxy groups -OCH3 is 1. The van der Waals surface area contributed by atoms with E-state index in [-0.39, 0.29) is 37.3 Å². The van der Waals surface area contributed by atoms with E-state index in [1.165, 1.54) is 23.5 Å². The highest BCUT2D eigenvalue weighted by Gasteiger charge is 2.13. The SMILES string of the molecule is CCOC(=O)Cn1c(=NC(=O)CCCSc2ccc(F)cc2)sc2cc(OC)ccc21. The van der Waals surface area contributed by atoms with E-state index in [0.29, 0.717) is 17.0 Å². The molecule has 164 valence electrons. The number of thiazole rings is 1. The summed E-state index contributed by atoms with van der Waals surface area (Å²) in [5.41, 5.74) is 0.789. The van der Waals surface area contributed by atoms with Gasteiger partial charge in [-0.05, 0) is 61.6 Å². The van der Waals surface area contributed by atoms with Crippen molar-refractivity contribution in [3.05, 3.63) is 53.1 Å². The van der Waals surface area contributed by atoms with Crippen LogP contribution in [0.3, 0.4) is 0 Å². The number of benzene rings is 2. The Morgan fingerprint density at radius 1 is 1.19 bits per heavy atom. The number of thioether (sulfide) groups is 1. The first kappa shape index (κ1) is 23.0. The van der Waals surface area contributed by atoms with Crippen molar-refractivity contribution in [2.75, 3.05) is 19.5 Å². The average Bonchev–Trinajstić information content (AvgIpc) is 3.08. The summed E-state index contributed by atoms with van der Waals surface area (Å²) in [5.74, 6) is 0.501. The van der Waals surface area contributed by atoms with Crippen LogP contribution in [0.1, 0.15) is 19.8 Å². The molecule has 6 nitrogen and oxygen atoms in total. The molecule has 0 aliphatic heterocycles. The Morgan fingerprint density at radius 2 is 1.97 bits per heavy atom. The molecule has 0 N–H and O–H groups in total. The number of ether oxygens (including phenoxy) is 2. The molecule has 1 amide bonds. The first-order chi connectivity index (χ1) is 15.0. The van der Waals surface area contributed by atoms with Gasteiger partial charge in [-0.2, -0.15) is 4.99 Å².